The number of pyridine rings is 1. The molecule has 0 bridgehead atoms. The van der Waals surface area contributed by atoms with Gasteiger partial charge >= 0.3 is 0 Å². The van der Waals surface area contributed by atoms with E-state index in [-0.39, 0.29) is 0 Å². The lowest BCUT2D eigenvalue weighted by molar-refractivity contribution is -0.297. The number of aliphatic carboxylic acids is 1. The summed E-state index contributed by atoms with van der Waals surface area (Å²) in [6.45, 7) is 0.579. The summed E-state index contributed by atoms with van der Waals surface area (Å²) in [4.78, 5) is 16.6. The number of nitrogen functional groups attached to an aromatic ring is 1. The lowest BCUT2D eigenvalue weighted by Gasteiger charge is -2.11. The number of carboxylic acid groups (broad SMARTS) is 1. The van der Waals surface area contributed by atoms with Crippen molar-refractivity contribution in [1.29, 1.82) is 0 Å². The zero-order valence-corrected chi connectivity index (χ0v) is 20.8. The van der Waals surface area contributed by atoms with E-state index in [0.29, 0.717) is 23.8 Å². The number of hydrogen-bond donors (Lipinski definition) is 1. The second kappa shape index (κ2) is 14.9. The van der Waals surface area contributed by atoms with E-state index in [1.54, 1.807) is 11.8 Å². The average Bonchev–Trinajstić information content (AvgIpc) is 2.86. The first-order valence-corrected chi connectivity index (χ1v) is 13.1. The molecule has 2 aromatic carbocycles. The Kier molecular flexibility index (Phi) is 11.2. The number of rotatable bonds is 15. The van der Waals surface area contributed by atoms with Crippen LogP contribution in [0.4, 0.5) is 5.69 Å². The number of unbranched alkanes of at least 4 members (excludes halogenated alkanes) is 5. The van der Waals surface area contributed by atoms with Crippen LogP contribution in [-0.2, 0) is 17.0 Å². The van der Waals surface area contributed by atoms with Gasteiger partial charge in [-0.2, -0.15) is 0 Å². The van der Waals surface area contributed by atoms with E-state index in [1.165, 1.54) is 37.3 Å². The van der Waals surface area contributed by atoms with Crippen molar-refractivity contribution in [3.8, 4) is 5.75 Å². The molecule has 0 amide bonds. The third kappa shape index (κ3) is 10.3. The number of benzene rings is 2. The molecule has 3 rings (SSSR count). The zero-order valence-electron chi connectivity index (χ0n) is 20.0. The molecule has 0 saturated carbocycles. The average molecular weight is 490 g/mol. The Morgan fingerprint density at radius 1 is 0.943 bits per heavy atom. The van der Waals surface area contributed by atoms with Crippen molar-refractivity contribution in [3.63, 3.8) is 0 Å². The van der Waals surface area contributed by atoms with Crippen LogP contribution < -0.4 is 15.6 Å². The molecule has 0 fully saturated rings. The fourth-order valence-corrected chi connectivity index (χ4v) is 4.57. The monoisotopic (exact) mass is 489 g/mol. The molecular weight excluding hydrogens is 456 g/mol. The molecule has 0 aliphatic carbocycles. The van der Waals surface area contributed by atoms with Crippen LogP contribution in [-0.4, -0.2) is 17.6 Å². The van der Waals surface area contributed by atoms with E-state index in [0.717, 1.165) is 41.6 Å². The van der Waals surface area contributed by atoms with Crippen molar-refractivity contribution in [3.05, 3.63) is 89.8 Å². The molecule has 184 valence electrons. The van der Waals surface area contributed by atoms with Crippen LogP contribution in [0.15, 0.2) is 77.7 Å². The molecule has 1 aromatic heterocycles. The topological polar surface area (TPSA) is 88.3 Å². The first-order chi connectivity index (χ1) is 17.1. The van der Waals surface area contributed by atoms with Crippen LogP contribution >= 0.6 is 11.8 Å². The first-order valence-electron chi connectivity index (χ1n) is 12.1. The van der Waals surface area contributed by atoms with Crippen molar-refractivity contribution < 1.29 is 14.6 Å². The molecule has 2 N–H and O–H groups in total. The lowest BCUT2D eigenvalue weighted by Crippen LogP contribution is -2.18. The fourth-order valence-electron chi connectivity index (χ4n) is 3.70. The standard InChI is InChI=1S/C29H34N2O3S/c30-24-14-10-15-26(21-24)35-22-25-16-18-28(27(31-25)17-19-29(32)33)34-20-9-4-2-1-3-6-11-23-12-7-5-8-13-23/h5,7-8,10,12-19,21H,1-4,6,9,11,20,22,30H2,(H,32,33)/p-1/b19-17+. The van der Waals surface area contributed by atoms with Crippen LogP contribution in [0.2, 0.25) is 0 Å². The van der Waals surface area contributed by atoms with Gasteiger partial charge in [-0.15, -0.1) is 11.8 Å². The molecule has 0 aliphatic rings. The summed E-state index contributed by atoms with van der Waals surface area (Å²) in [5, 5.41) is 10.9. The second-order valence-electron chi connectivity index (χ2n) is 8.40. The van der Waals surface area contributed by atoms with Gasteiger partial charge in [0.25, 0.3) is 0 Å². The van der Waals surface area contributed by atoms with Crippen LogP contribution in [0.3, 0.4) is 0 Å². The molecule has 0 saturated heterocycles. The molecule has 35 heavy (non-hydrogen) atoms. The van der Waals surface area contributed by atoms with E-state index in [2.05, 4.69) is 35.3 Å². The summed E-state index contributed by atoms with van der Waals surface area (Å²) in [5.74, 6) is -0.0344. The van der Waals surface area contributed by atoms with Crippen LogP contribution in [0.25, 0.3) is 6.08 Å². The summed E-state index contributed by atoms with van der Waals surface area (Å²) in [6.07, 6.45) is 10.5. The maximum absolute atomic E-state index is 10.9. The van der Waals surface area contributed by atoms with E-state index in [9.17, 15) is 9.90 Å². The summed E-state index contributed by atoms with van der Waals surface area (Å²) in [6, 6.07) is 22.1. The highest BCUT2D eigenvalue weighted by Crippen LogP contribution is 2.26. The van der Waals surface area contributed by atoms with Gasteiger partial charge in [0.15, 0.2) is 0 Å². The Bertz CT molecular complexity index is 1090. The minimum atomic E-state index is -1.26. The highest BCUT2D eigenvalue weighted by Gasteiger charge is 2.06. The molecule has 0 spiro atoms. The number of thioether (sulfide) groups is 1. The molecule has 3 aromatic rings. The van der Waals surface area contributed by atoms with Gasteiger partial charge in [-0.1, -0.05) is 62.1 Å². The van der Waals surface area contributed by atoms with E-state index < -0.39 is 5.97 Å². The number of aromatic nitrogens is 1. The largest absolute Gasteiger partial charge is 0.545 e. The highest BCUT2D eigenvalue weighted by atomic mass is 32.2. The van der Waals surface area contributed by atoms with Crippen molar-refractivity contribution in [2.45, 2.75) is 55.6 Å². The minimum Gasteiger partial charge on any atom is -0.545 e. The van der Waals surface area contributed by atoms with Gasteiger partial charge in [-0.25, -0.2) is 4.98 Å². The van der Waals surface area contributed by atoms with Gasteiger partial charge in [0.2, 0.25) is 0 Å². The Balaban J connectivity index is 1.41. The lowest BCUT2D eigenvalue weighted by atomic mass is 10.1. The van der Waals surface area contributed by atoms with Gasteiger partial charge < -0.3 is 20.4 Å². The highest BCUT2D eigenvalue weighted by molar-refractivity contribution is 7.98. The van der Waals surface area contributed by atoms with Crippen molar-refractivity contribution in [2.24, 2.45) is 0 Å². The molecule has 6 heteroatoms. The summed E-state index contributed by atoms with van der Waals surface area (Å²) in [5.41, 5.74) is 9.30. The summed E-state index contributed by atoms with van der Waals surface area (Å²) >= 11 is 1.62. The smallest absolute Gasteiger partial charge is 0.144 e. The third-order valence-corrected chi connectivity index (χ3v) is 6.55. The maximum atomic E-state index is 10.9. The number of nitrogens with zero attached hydrogens (tertiary/aromatic N) is 1. The first kappa shape index (κ1) is 26.4. The number of aryl methyl sites for hydroxylation is 1. The predicted octanol–water partition coefficient (Wildman–Crippen LogP) is 5.68. The zero-order chi connectivity index (χ0) is 24.7. The number of carbonyl (C=O) groups excluding carboxylic acids is 1. The molecule has 1 heterocycles. The SMILES string of the molecule is Nc1cccc(SCc2ccc(OCCCCCCCCc3ccccc3)c(/C=C/C(=O)[O-])n2)c1. The quantitative estimate of drug-likeness (QED) is 0.128. The summed E-state index contributed by atoms with van der Waals surface area (Å²) in [7, 11) is 0. The molecule has 5 nitrogen and oxygen atoms in total. The van der Waals surface area contributed by atoms with Gasteiger partial charge in [-0.05, 0) is 67.3 Å². The van der Waals surface area contributed by atoms with Crippen LogP contribution in [0, 0.1) is 0 Å². The fraction of sp³-hybridized carbons (Fsp3) is 0.310. The van der Waals surface area contributed by atoms with Gasteiger partial charge in [-0.3, -0.25) is 0 Å². The number of carboxylic acids is 1. The Morgan fingerprint density at radius 3 is 2.49 bits per heavy atom. The maximum Gasteiger partial charge on any atom is 0.144 e. The van der Waals surface area contributed by atoms with Gasteiger partial charge in [0.05, 0.1) is 18.3 Å². The molecule has 0 radical (unpaired) electrons. The number of carbonyl (C=O) groups is 1. The van der Waals surface area contributed by atoms with Crippen molar-refractivity contribution >= 4 is 29.5 Å². The molecule has 0 atom stereocenters. The Morgan fingerprint density at radius 2 is 1.71 bits per heavy atom. The third-order valence-electron chi connectivity index (χ3n) is 5.53. The molecule has 0 unspecified atom stereocenters. The van der Waals surface area contributed by atoms with Crippen molar-refractivity contribution in [2.75, 3.05) is 12.3 Å². The minimum absolute atomic E-state index is 0.501. The predicted molar refractivity (Wildman–Crippen MR) is 142 cm³/mol. The van der Waals surface area contributed by atoms with E-state index in [4.69, 9.17) is 10.5 Å². The van der Waals surface area contributed by atoms with Crippen LogP contribution in [0.1, 0.15) is 55.5 Å². The number of anilines is 1. The van der Waals surface area contributed by atoms with Gasteiger partial charge in [0.1, 0.15) is 11.4 Å². The normalized spacial score (nSPS) is 11.1. The Labute approximate surface area is 212 Å². The summed E-state index contributed by atoms with van der Waals surface area (Å²) < 4.78 is 5.94. The Hall–Kier alpha value is -3.25. The number of ether oxygens (including phenoxy) is 1. The van der Waals surface area contributed by atoms with E-state index in [1.807, 2.05) is 36.4 Å². The number of nitrogens with two attached hydrogens (primary N) is 1. The number of hydrogen-bond acceptors (Lipinski definition) is 6. The van der Waals surface area contributed by atoms with E-state index >= 15 is 0 Å². The van der Waals surface area contributed by atoms with Gasteiger partial charge in [0, 0.05) is 16.3 Å². The second-order valence-corrected chi connectivity index (χ2v) is 9.45. The van der Waals surface area contributed by atoms with Crippen molar-refractivity contribution in [1.82, 2.24) is 4.98 Å². The molecule has 0 aliphatic heterocycles. The molecular formula is C29H33N2O3S-. The van der Waals surface area contributed by atoms with Crippen LogP contribution in [0.5, 0.6) is 5.75 Å².